The summed E-state index contributed by atoms with van der Waals surface area (Å²) in [7, 11) is 0. The Labute approximate surface area is 119 Å². The summed E-state index contributed by atoms with van der Waals surface area (Å²) in [5.41, 5.74) is 2.29. The van der Waals surface area contributed by atoms with Gasteiger partial charge in [-0.15, -0.1) is 0 Å². The fourth-order valence-corrected chi connectivity index (χ4v) is 2.53. The summed E-state index contributed by atoms with van der Waals surface area (Å²) in [6.07, 6.45) is 1.62. The van der Waals surface area contributed by atoms with Crippen LogP contribution in [0.1, 0.15) is 41.5 Å². The number of hydrogen-bond acceptors (Lipinski definition) is 3. The number of rotatable bonds is 2. The molecule has 5 nitrogen and oxygen atoms in total. The summed E-state index contributed by atoms with van der Waals surface area (Å²) in [5, 5.41) is 3.04. The summed E-state index contributed by atoms with van der Waals surface area (Å²) in [5.74, 6) is 0.0321. The summed E-state index contributed by atoms with van der Waals surface area (Å²) in [4.78, 5) is 29.6. The normalized spacial score (nSPS) is 16.1. The average molecular weight is 275 g/mol. The van der Waals surface area contributed by atoms with E-state index in [0.29, 0.717) is 18.7 Å². The van der Waals surface area contributed by atoms with Crippen molar-refractivity contribution in [3.63, 3.8) is 0 Å². The number of nitrogens with zero attached hydrogens (tertiary/aromatic N) is 2. The van der Waals surface area contributed by atoms with Gasteiger partial charge in [0.1, 0.15) is 0 Å². The number of likely N-dealkylation sites (tertiary alicyclic amines) is 1. The van der Waals surface area contributed by atoms with Crippen LogP contribution >= 0.6 is 0 Å². The van der Waals surface area contributed by atoms with Gasteiger partial charge in [0, 0.05) is 31.7 Å². The summed E-state index contributed by atoms with van der Waals surface area (Å²) in [6, 6.07) is 3.80. The van der Waals surface area contributed by atoms with Crippen molar-refractivity contribution in [2.24, 2.45) is 0 Å². The van der Waals surface area contributed by atoms with Crippen molar-refractivity contribution < 1.29 is 9.59 Å². The highest BCUT2D eigenvalue weighted by molar-refractivity contribution is 5.95. The second-order valence-electron chi connectivity index (χ2n) is 5.34. The summed E-state index contributed by atoms with van der Waals surface area (Å²) < 4.78 is 0. The monoisotopic (exact) mass is 275 g/mol. The molecule has 1 fully saturated rings. The minimum absolute atomic E-state index is 0.0729. The highest BCUT2D eigenvalue weighted by Crippen LogP contribution is 2.12. The molecule has 108 valence electrons. The second-order valence-corrected chi connectivity index (χ2v) is 5.34. The minimum Gasteiger partial charge on any atom is -0.349 e. The van der Waals surface area contributed by atoms with Crippen LogP contribution in [0, 0.1) is 13.8 Å². The van der Waals surface area contributed by atoms with Crippen LogP contribution < -0.4 is 5.32 Å². The Morgan fingerprint density at radius 3 is 2.45 bits per heavy atom. The molecule has 5 heteroatoms. The van der Waals surface area contributed by atoms with Crippen LogP contribution in [0.4, 0.5) is 0 Å². The van der Waals surface area contributed by atoms with E-state index in [9.17, 15) is 9.59 Å². The van der Waals surface area contributed by atoms with Crippen molar-refractivity contribution in [2.45, 2.75) is 39.7 Å². The zero-order valence-corrected chi connectivity index (χ0v) is 12.3. The smallest absolute Gasteiger partial charge is 0.253 e. The Hall–Kier alpha value is -1.91. The third-order valence-corrected chi connectivity index (χ3v) is 3.75. The number of piperidine rings is 1. The molecule has 1 saturated heterocycles. The molecule has 0 bridgehead atoms. The fraction of sp³-hybridized carbons (Fsp3) is 0.533. The van der Waals surface area contributed by atoms with Crippen molar-refractivity contribution in [3.8, 4) is 0 Å². The van der Waals surface area contributed by atoms with Crippen molar-refractivity contribution in [3.05, 3.63) is 29.1 Å². The van der Waals surface area contributed by atoms with Gasteiger partial charge in [-0.1, -0.05) is 0 Å². The van der Waals surface area contributed by atoms with E-state index < -0.39 is 0 Å². The molecule has 0 unspecified atom stereocenters. The first-order valence-electron chi connectivity index (χ1n) is 6.98. The number of amides is 2. The lowest BCUT2D eigenvalue weighted by Gasteiger charge is -2.31. The highest BCUT2D eigenvalue weighted by Gasteiger charge is 2.22. The molecule has 1 aliphatic heterocycles. The Morgan fingerprint density at radius 2 is 1.90 bits per heavy atom. The van der Waals surface area contributed by atoms with Gasteiger partial charge in [-0.25, -0.2) is 0 Å². The number of carbonyl (C=O) groups is 2. The Morgan fingerprint density at radius 1 is 1.25 bits per heavy atom. The zero-order valence-electron chi connectivity index (χ0n) is 12.3. The van der Waals surface area contributed by atoms with E-state index in [-0.39, 0.29) is 17.9 Å². The third-order valence-electron chi connectivity index (χ3n) is 3.75. The molecule has 1 aromatic heterocycles. The molecule has 20 heavy (non-hydrogen) atoms. The van der Waals surface area contributed by atoms with Crippen molar-refractivity contribution in [1.29, 1.82) is 0 Å². The topological polar surface area (TPSA) is 62.3 Å². The predicted molar refractivity (Wildman–Crippen MR) is 76.5 cm³/mol. The van der Waals surface area contributed by atoms with E-state index in [0.717, 1.165) is 24.2 Å². The Bertz CT molecular complexity index is 520. The predicted octanol–water partition coefficient (Wildman–Crippen LogP) is 1.44. The van der Waals surface area contributed by atoms with E-state index >= 15 is 0 Å². The Balaban J connectivity index is 1.94. The quantitative estimate of drug-likeness (QED) is 0.888. The molecule has 1 aliphatic rings. The van der Waals surface area contributed by atoms with Gasteiger partial charge in [-0.2, -0.15) is 0 Å². The summed E-state index contributed by atoms with van der Waals surface area (Å²) in [6.45, 7) is 6.77. The van der Waals surface area contributed by atoms with Crippen LogP contribution in [0.25, 0.3) is 0 Å². The van der Waals surface area contributed by atoms with Crippen molar-refractivity contribution >= 4 is 11.8 Å². The second kappa shape index (κ2) is 6.03. The molecule has 1 aromatic rings. The van der Waals surface area contributed by atoms with E-state index in [1.807, 2.05) is 30.9 Å². The molecule has 0 saturated carbocycles. The minimum atomic E-state index is -0.0729. The number of carbonyl (C=O) groups excluding carboxylic acids is 2. The molecule has 0 aromatic carbocycles. The van der Waals surface area contributed by atoms with Gasteiger partial charge in [0.25, 0.3) is 5.91 Å². The Kier molecular flexibility index (Phi) is 4.37. The van der Waals surface area contributed by atoms with E-state index in [2.05, 4.69) is 10.3 Å². The SMILES string of the molecule is CC(=O)N1CCC(NC(=O)c2ccc(C)nc2C)CC1. The number of aryl methyl sites for hydroxylation is 2. The molecule has 2 amide bonds. The van der Waals surface area contributed by atoms with Crippen LogP contribution in [-0.4, -0.2) is 40.8 Å². The zero-order chi connectivity index (χ0) is 14.7. The lowest BCUT2D eigenvalue weighted by Crippen LogP contribution is -2.46. The number of nitrogens with one attached hydrogen (secondary N) is 1. The first-order chi connectivity index (χ1) is 9.47. The van der Waals surface area contributed by atoms with Gasteiger partial charge in [0.15, 0.2) is 0 Å². The molecule has 2 rings (SSSR count). The number of aromatic nitrogens is 1. The summed E-state index contributed by atoms with van der Waals surface area (Å²) >= 11 is 0. The van der Waals surface area contributed by atoms with Crippen LogP contribution in [0.15, 0.2) is 12.1 Å². The van der Waals surface area contributed by atoms with E-state index in [1.54, 1.807) is 6.92 Å². The maximum absolute atomic E-state index is 12.2. The van der Waals surface area contributed by atoms with Gasteiger partial charge < -0.3 is 10.2 Å². The number of pyridine rings is 1. The van der Waals surface area contributed by atoms with Gasteiger partial charge in [-0.3, -0.25) is 14.6 Å². The van der Waals surface area contributed by atoms with E-state index in [4.69, 9.17) is 0 Å². The van der Waals surface area contributed by atoms with Crippen LogP contribution in [0.5, 0.6) is 0 Å². The van der Waals surface area contributed by atoms with Crippen LogP contribution in [0.2, 0.25) is 0 Å². The molecule has 2 heterocycles. The average Bonchev–Trinajstić information content (AvgIpc) is 2.39. The van der Waals surface area contributed by atoms with Crippen LogP contribution in [0.3, 0.4) is 0 Å². The lowest BCUT2D eigenvalue weighted by atomic mass is 10.0. The van der Waals surface area contributed by atoms with Crippen LogP contribution in [-0.2, 0) is 4.79 Å². The lowest BCUT2D eigenvalue weighted by molar-refractivity contribution is -0.129. The van der Waals surface area contributed by atoms with Gasteiger partial charge in [-0.05, 0) is 38.8 Å². The highest BCUT2D eigenvalue weighted by atomic mass is 16.2. The van der Waals surface area contributed by atoms with Crippen molar-refractivity contribution in [2.75, 3.05) is 13.1 Å². The molecule has 0 spiro atoms. The third kappa shape index (κ3) is 3.35. The number of hydrogen-bond donors (Lipinski definition) is 1. The van der Waals surface area contributed by atoms with Gasteiger partial charge in [0.2, 0.25) is 5.91 Å². The van der Waals surface area contributed by atoms with Crippen molar-refractivity contribution in [1.82, 2.24) is 15.2 Å². The molecular weight excluding hydrogens is 254 g/mol. The molecule has 0 atom stereocenters. The largest absolute Gasteiger partial charge is 0.349 e. The first kappa shape index (κ1) is 14.5. The molecule has 0 radical (unpaired) electrons. The maximum Gasteiger partial charge on any atom is 0.253 e. The maximum atomic E-state index is 12.2. The molecule has 0 aliphatic carbocycles. The fourth-order valence-electron chi connectivity index (χ4n) is 2.53. The molecule has 1 N–H and O–H groups in total. The van der Waals surface area contributed by atoms with Gasteiger partial charge >= 0.3 is 0 Å². The standard InChI is InChI=1S/C15H21N3O2/c1-10-4-5-14(11(2)16-10)15(20)17-13-6-8-18(9-7-13)12(3)19/h4-5,13H,6-9H2,1-3H3,(H,17,20). The van der Waals surface area contributed by atoms with E-state index in [1.165, 1.54) is 0 Å². The molecular formula is C15H21N3O2. The first-order valence-corrected chi connectivity index (χ1v) is 6.98. The van der Waals surface area contributed by atoms with Gasteiger partial charge in [0.05, 0.1) is 11.3 Å².